The Kier molecular flexibility index (Phi) is 4.40. The molecule has 1 heterocycles. The lowest BCUT2D eigenvalue weighted by Crippen LogP contribution is -2.60. The minimum absolute atomic E-state index is 0.326. The van der Waals surface area contributed by atoms with Crippen molar-refractivity contribution in [1.82, 2.24) is 15.1 Å². The van der Waals surface area contributed by atoms with Crippen LogP contribution >= 0.6 is 0 Å². The van der Waals surface area contributed by atoms with E-state index in [-0.39, 0.29) is 0 Å². The minimum Gasteiger partial charge on any atom is -0.337 e. The molecule has 17 heavy (non-hydrogen) atoms. The number of nitrogens with zero attached hydrogens (tertiary/aromatic N) is 2. The van der Waals surface area contributed by atoms with Crippen molar-refractivity contribution in [1.29, 1.82) is 0 Å². The number of carbonyl (C=O) groups is 1. The number of nitrogens with one attached hydrogen (secondary N) is 1. The summed E-state index contributed by atoms with van der Waals surface area (Å²) in [5, 5.41) is 3.23. The molecule has 4 nitrogen and oxygen atoms in total. The summed E-state index contributed by atoms with van der Waals surface area (Å²) >= 11 is 0. The molecule has 0 bridgehead atoms. The Bertz CT molecular complexity index is 263. The molecule has 2 aliphatic rings. The van der Waals surface area contributed by atoms with Crippen LogP contribution in [-0.2, 0) is 4.79 Å². The van der Waals surface area contributed by atoms with E-state index in [2.05, 4.69) is 22.2 Å². The van der Waals surface area contributed by atoms with E-state index in [1.807, 2.05) is 7.05 Å². The van der Waals surface area contributed by atoms with Crippen molar-refractivity contribution in [2.45, 2.75) is 44.2 Å². The van der Waals surface area contributed by atoms with Crippen LogP contribution in [0.5, 0.6) is 0 Å². The third kappa shape index (κ3) is 2.99. The quantitative estimate of drug-likeness (QED) is 0.787. The van der Waals surface area contributed by atoms with Gasteiger partial charge in [0.05, 0.1) is 6.54 Å². The predicted octanol–water partition coefficient (Wildman–Crippen LogP) is 0.681. The zero-order valence-electron chi connectivity index (χ0n) is 11.1. The molecule has 98 valence electrons. The summed E-state index contributed by atoms with van der Waals surface area (Å²) in [6.45, 7) is 2.46. The Morgan fingerprint density at radius 1 is 1.29 bits per heavy atom. The molecule has 0 radical (unpaired) electrons. The molecule has 1 N–H and O–H groups in total. The van der Waals surface area contributed by atoms with Crippen LogP contribution in [0.1, 0.15) is 32.1 Å². The molecule has 1 saturated heterocycles. The van der Waals surface area contributed by atoms with Gasteiger partial charge in [-0.25, -0.2) is 0 Å². The summed E-state index contributed by atoms with van der Waals surface area (Å²) in [5.74, 6) is 0.326. The first kappa shape index (κ1) is 12.8. The van der Waals surface area contributed by atoms with Gasteiger partial charge in [0.1, 0.15) is 0 Å². The number of likely N-dealkylation sites (N-methyl/N-ethyl adjacent to an activating group) is 2. The molecule has 0 aromatic heterocycles. The SMILES string of the molecule is CNCC1CN(C2CCCCC2)C(=O)CN1C. The molecular formula is C13H25N3O. The fraction of sp³-hybridized carbons (Fsp3) is 0.923. The van der Waals surface area contributed by atoms with E-state index in [9.17, 15) is 4.79 Å². The van der Waals surface area contributed by atoms with Crippen molar-refractivity contribution in [3.05, 3.63) is 0 Å². The van der Waals surface area contributed by atoms with Gasteiger partial charge in [0.2, 0.25) is 5.91 Å². The van der Waals surface area contributed by atoms with Crippen LogP contribution in [0.2, 0.25) is 0 Å². The van der Waals surface area contributed by atoms with Gasteiger partial charge in [0, 0.05) is 25.2 Å². The average Bonchev–Trinajstić information content (AvgIpc) is 2.34. The van der Waals surface area contributed by atoms with Crippen molar-refractivity contribution >= 4 is 5.91 Å². The summed E-state index contributed by atoms with van der Waals surface area (Å²) in [4.78, 5) is 16.5. The van der Waals surface area contributed by atoms with Crippen LogP contribution in [0.15, 0.2) is 0 Å². The Balaban J connectivity index is 1.97. The Morgan fingerprint density at radius 3 is 2.65 bits per heavy atom. The lowest BCUT2D eigenvalue weighted by Gasteiger charge is -2.43. The standard InChI is InChI=1S/C13H25N3O/c1-14-8-12-9-16(13(17)10-15(12)2)11-6-4-3-5-7-11/h11-12,14H,3-10H2,1-2H3. The minimum atomic E-state index is 0.326. The van der Waals surface area contributed by atoms with Gasteiger partial charge in [-0.15, -0.1) is 0 Å². The first-order chi connectivity index (χ1) is 8.22. The maximum atomic E-state index is 12.1. The number of hydrogen-bond acceptors (Lipinski definition) is 3. The molecule has 1 atom stereocenters. The van der Waals surface area contributed by atoms with Gasteiger partial charge in [-0.2, -0.15) is 0 Å². The second-order valence-electron chi connectivity index (χ2n) is 5.46. The van der Waals surface area contributed by atoms with Crippen molar-refractivity contribution in [3.8, 4) is 0 Å². The van der Waals surface area contributed by atoms with Crippen LogP contribution < -0.4 is 5.32 Å². The van der Waals surface area contributed by atoms with E-state index in [4.69, 9.17) is 0 Å². The van der Waals surface area contributed by atoms with Crippen molar-refractivity contribution in [2.24, 2.45) is 0 Å². The predicted molar refractivity (Wildman–Crippen MR) is 68.9 cm³/mol. The highest BCUT2D eigenvalue weighted by Crippen LogP contribution is 2.24. The van der Waals surface area contributed by atoms with Crippen molar-refractivity contribution in [2.75, 3.05) is 33.7 Å². The van der Waals surface area contributed by atoms with E-state index in [0.29, 0.717) is 24.5 Å². The summed E-state index contributed by atoms with van der Waals surface area (Å²) in [5.41, 5.74) is 0. The number of carbonyl (C=O) groups excluding carboxylic acids is 1. The number of hydrogen-bond donors (Lipinski definition) is 1. The first-order valence-electron chi connectivity index (χ1n) is 6.86. The molecule has 1 amide bonds. The van der Waals surface area contributed by atoms with E-state index in [1.54, 1.807) is 0 Å². The second-order valence-corrected chi connectivity index (χ2v) is 5.46. The monoisotopic (exact) mass is 239 g/mol. The fourth-order valence-corrected chi connectivity index (χ4v) is 3.10. The molecular weight excluding hydrogens is 214 g/mol. The Labute approximate surface area is 104 Å². The number of piperazine rings is 1. The second kappa shape index (κ2) is 5.83. The van der Waals surface area contributed by atoms with Crippen LogP contribution in [-0.4, -0.2) is 61.5 Å². The lowest BCUT2D eigenvalue weighted by molar-refractivity contribution is -0.141. The van der Waals surface area contributed by atoms with Crippen LogP contribution in [0.4, 0.5) is 0 Å². The van der Waals surface area contributed by atoms with Gasteiger partial charge >= 0.3 is 0 Å². The molecule has 1 aliphatic heterocycles. The zero-order valence-corrected chi connectivity index (χ0v) is 11.1. The van der Waals surface area contributed by atoms with E-state index in [1.165, 1.54) is 32.1 Å². The van der Waals surface area contributed by atoms with E-state index >= 15 is 0 Å². The smallest absolute Gasteiger partial charge is 0.237 e. The molecule has 2 fully saturated rings. The van der Waals surface area contributed by atoms with Gasteiger partial charge in [0.15, 0.2) is 0 Å². The van der Waals surface area contributed by atoms with Crippen LogP contribution in [0.25, 0.3) is 0 Å². The lowest BCUT2D eigenvalue weighted by atomic mass is 9.93. The highest BCUT2D eigenvalue weighted by Gasteiger charge is 2.33. The largest absolute Gasteiger partial charge is 0.337 e. The maximum Gasteiger partial charge on any atom is 0.237 e. The fourth-order valence-electron chi connectivity index (χ4n) is 3.10. The Hall–Kier alpha value is -0.610. The number of amides is 1. The molecule has 0 spiro atoms. The van der Waals surface area contributed by atoms with Crippen molar-refractivity contribution < 1.29 is 4.79 Å². The van der Waals surface area contributed by atoms with Gasteiger partial charge in [0.25, 0.3) is 0 Å². The zero-order chi connectivity index (χ0) is 12.3. The maximum absolute atomic E-state index is 12.1. The first-order valence-corrected chi connectivity index (χ1v) is 6.86. The summed E-state index contributed by atoms with van der Waals surface area (Å²) in [6.07, 6.45) is 6.35. The third-order valence-electron chi connectivity index (χ3n) is 4.19. The summed E-state index contributed by atoms with van der Waals surface area (Å²) in [7, 11) is 4.04. The average molecular weight is 239 g/mol. The third-order valence-corrected chi connectivity index (χ3v) is 4.19. The molecule has 4 heteroatoms. The normalized spacial score (nSPS) is 28.7. The topological polar surface area (TPSA) is 35.6 Å². The van der Waals surface area contributed by atoms with Crippen LogP contribution in [0, 0.1) is 0 Å². The van der Waals surface area contributed by atoms with Gasteiger partial charge in [-0.3, -0.25) is 9.69 Å². The van der Waals surface area contributed by atoms with Crippen molar-refractivity contribution in [3.63, 3.8) is 0 Å². The Morgan fingerprint density at radius 2 is 2.00 bits per heavy atom. The highest BCUT2D eigenvalue weighted by atomic mass is 16.2. The van der Waals surface area contributed by atoms with E-state index < -0.39 is 0 Å². The molecule has 1 aliphatic carbocycles. The summed E-state index contributed by atoms with van der Waals surface area (Å²) < 4.78 is 0. The van der Waals surface area contributed by atoms with Gasteiger partial charge < -0.3 is 10.2 Å². The van der Waals surface area contributed by atoms with Gasteiger partial charge in [-0.1, -0.05) is 19.3 Å². The van der Waals surface area contributed by atoms with E-state index in [0.717, 1.165) is 13.1 Å². The molecule has 0 aromatic rings. The molecule has 0 aromatic carbocycles. The van der Waals surface area contributed by atoms with Gasteiger partial charge in [-0.05, 0) is 26.9 Å². The molecule has 1 unspecified atom stereocenters. The molecule has 2 rings (SSSR count). The molecule has 1 saturated carbocycles. The highest BCUT2D eigenvalue weighted by molar-refractivity contribution is 5.79. The number of rotatable bonds is 3. The summed E-state index contributed by atoms with van der Waals surface area (Å²) in [6, 6.07) is 0.990. The van der Waals surface area contributed by atoms with Crippen LogP contribution in [0.3, 0.4) is 0 Å².